The van der Waals surface area contributed by atoms with Gasteiger partial charge in [0.1, 0.15) is 0 Å². The van der Waals surface area contributed by atoms with Gasteiger partial charge in [0.2, 0.25) is 0 Å². The van der Waals surface area contributed by atoms with Crippen molar-refractivity contribution in [3.63, 3.8) is 0 Å². The fraction of sp³-hybridized carbons (Fsp3) is 0. The van der Waals surface area contributed by atoms with Gasteiger partial charge in [-0.15, -0.1) is 0 Å². The van der Waals surface area contributed by atoms with Crippen LogP contribution in [0.15, 0.2) is 127 Å². The van der Waals surface area contributed by atoms with Crippen LogP contribution >= 0.6 is 7.14 Å². The monoisotopic (exact) mass is 480 g/mol. The van der Waals surface area contributed by atoms with Crippen molar-refractivity contribution in [2.24, 2.45) is 0 Å². The van der Waals surface area contributed by atoms with Crippen LogP contribution in [-0.2, 0) is 4.57 Å². The summed E-state index contributed by atoms with van der Waals surface area (Å²) < 4.78 is 14.8. The van der Waals surface area contributed by atoms with E-state index in [0.29, 0.717) is 11.1 Å². The van der Waals surface area contributed by atoms with E-state index in [9.17, 15) is 4.57 Å². The van der Waals surface area contributed by atoms with Gasteiger partial charge in [0.25, 0.3) is 0 Å². The van der Waals surface area contributed by atoms with E-state index in [0.717, 1.165) is 38.2 Å². The molecule has 170 valence electrons. The Kier molecular flexibility index (Phi) is 6.34. The first-order valence-electron chi connectivity index (χ1n) is 11.5. The summed E-state index contributed by atoms with van der Waals surface area (Å²) in [5.74, 6) is 0. The molecule has 4 heteroatoms. The molecule has 0 aliphatic carbocycles. The maximum Gasteiger partial charge on any atom is 0.171 e. The summed E-state index contributed by atoms with van der Waals surface area (Å²) >= 11 is 0. The van der Waals surface area contributed by atoms with Crippen molar-refractivity contribution in [3.8, 4) is 34.4 Å². The third kappa shape index (κ3) is 4.37. The van der Waals surface area contributed by atoms with Gasteiger partial charge in [0.05, 0.1) is 23.3 Å². The quantitative estimate of drug-likeness (QED) is 0.273. The molecule has 0 bridgehead atoms. The largest absolute Gasteiger partial charge is 0.309 e. The number of hydrogen-bond donors (Lipinski definition) is 0. The molecule has 0 aliphatic rings. The van der Waals surface area contributed by atoms with Crippen LogP contribution in [0.1, 0.15) is 11.1 Å². The molecule has 0 unspecified atom stereocenters. The molecule has 5 aromatic rings. The SMILES string of the molecule is N#Cc1ccc(-c2ccc(P(=O)(c3ccccc3)c3ccc(-c4ccc(C#N)cc4)cc3)cc2)cc1. The Morgan fingerprint density at radius 1 is 0.417 bits per heavy atom. The summed E-state index contributed by atoms with van der Waals surface area (Å²) in [6.07, 6.45) is 0. The number of hydrogen-bond acceptors (Lipinski definition) is 3. The number of nitriles is 2. The fourth-order valence-corrected chi connectivity index (χ4v) is 6.91. The maximum absolute atomic E-state index is 14.8. The second kappa shape index (κ2) is 9.89. The molecule has 0 heterocycles. The van der Waals surface area contributed by atoms with Crippen LogP contribution in [0.2, 0.25) is 0 Å². The molecule has 3 nitrogen and oxygen atoms in total. The highest BCUT2D eigenvalue weighted by Crippen LogP contribution is 2.43. The minimum atomic E-state index is -3.11. The van der Waals surface area contributed by atoms with Gasteiger partial charge >= 0.3 is 0 Å². The Morgan fingerprint density at radius 3 is 1.06 bits per heavy atom. The summed E-state index contributed by atoms with van der Waals surface area (Å²) in [7, 11) is -3.11. The lowest BCUT2D eigenvalue weighted by Gasteiger charge is -2.21. The van der Waals surface area contributed by atoms with E-state index in [4.69, 9.17) is 10.5 Å². The molecule has 0 saturated heterocycles. The summed E-state index contributed by atoms with van der Waals surface area (Å²) in [6, 6.07) is 44.5. The van der Waals surface area contributed by atoms with Crippen molar-refractivity contribution in [2.45, 2.75) is 0 Å². The second-order valence-corrected chi connectivity index (χ2v) is 11.2. The van der Waals surface area contributed by atoms with Crippen LogP contribution < -0.4 is 15.9 Å². The van der Waals surface area contributed by atoms with Gasteiger partial charge in [0, 0.05) is 15.9 Å². The second-order valence-electron chi connectivity index (χ2n) is 8.42. The van der Waals surface area contributed by atoms with Gasteiger partial charge in [-0.3, -0.25) is 0 Å². The highest BCUT2D eigenvalue weighted by Gasteiger charge is 2.29. The molecular formula is C32H21N2OP. The summed E-state index contributed by atoms with van der Waals surface area (Å²) in [5, 5.41) is 20.4. The van der Waals surface area contributed by atoms with E-state index < -0.39 is 7.14 Å². The molecule has 5 rings (SSSR count). The molecule has 36 heavy (non-hydrogen) atoms. The zero-order valence-corrected chi connectivity index (χ0v) is 20.3. The van der Waals surface area contributed by atoms with E-state index in [2.05, 4.69) is 12.1 Å². The molecule has 0 saturated carbocycles. The first-order chi connectivity index (χ1) is 17.6. The first-order valence-corrected chi connectivity index (χ1v) is 13.2. The summed E-state index contributed by atoms with van der Waals surface area (Å²) in [6.45, 7) is 0. The zero-order valence-electron chi connectivity index (χ0n) is 19.4. The Hall–Kier alpha value is -4.69. The molecule has 0 N–H and O–H groups in total. The molecule has 0 radical (unpaired) electrons. The van der Waals surface area contributed by atoms with Gasteiger partial charge in [-0.05, 0) is 46.5 Å². The number of nitrogens with zero attached hydrogens (tertiary/aromatic N) is 2. The molecule has 0 spiro atoms. The average molecular weight is 481 g/mol. The Bertz CT molecular complexity index is 1520. The van der Waals surface area contributed by atoms with Crippen molar-refractivity contribution in [2.75, 3.05) is 0 Å². The van der Waals surface area contributed by atoms with E-state index in [1.54, 1.807) is 24.3 Å². The van der Waals surface area contributed by atoms with E-state index in [-0.39, 0.29) is 0 Å². The predicted octanol–water partition coefficient (Wildman–Crippen LogP) is 6.40. The number of benzene rings is 5. The van der Waals surface area contributed by atoms with E-state index in [1.165, 1.54) is 0 Å². The average Bonchev–Trinajstić information content (AvgIpc) is 2.97. The third-order valence-corrected chi connectivity index (χ3v) is 9.35. The van der Waals surface area contributed by atoms with Crippen LogP contribution in [0.5, 0.6) is 0 Å². The maximum atomic E-state index is 14.8. The minimum Gasteiger partial charge on any atom is -0.309 e. The van der Waals surface area contributed by atoms with Crippen LogP contribution in [0, 0.1) is 22.7 Å². The van der Waals surface area contributed by atoms with Crippen LogP contribution in [-0.4, -0.2) is 0 Å². The molecule has 0 amide bonds. The highest BCUT2D eigenvalue weighted by atomic mass is 31.2. The van der Waals surface area contributed by atoms with Crippen molar-refractivity contribution < 1.29 is 4.57 Å². The molecular weight excluding hydrogens is 459 g/mol. The van der Waals surface area contributed by atoms with Crippen molar-refractivity contribution >= 4 is 23.1 Å². The molecule has 0 aliphatic heterocycles. The molecule has 0 fully saturated rings. The normalized spacial score (nSPS) is 10.8. The lowest BCUT2D eigenvalue weighted by Crippen LogP contribution is -2.24. The zero-order chi connectivity index (χ0) is 25.0. The van der Waals surface area contributed by atoms with Gasteiger partial charge < -0.3 is 4.57 Å². The molecule has 5 aromatic carbocycles. The highest BCUT2D eigenvalue weighted by molar-refractivity contribution is 7.85. The molecule has 0 atom stereocenters. The van der Waals surface area contributed by atoms with Gasteiger partial charge in [-0.1, -0.05) is 103 Å². The fourth-order valence-electron chi connectivity index (χ4n) is 4.29. The Morgan fingerprint density at radius 2 is 0.722 bits per heavy atom. The van der Waals surface area contributed by atoms with Gasteiger partial charge in [0.15, 0.2) is 7.14 Å². The van der Waals surface area contributed by atoms with Crippen LogP contribution in [0.25, 0.3) is 22.3 Å². The van der Waals surface area contributed by atoms with E-state index in [1.807, 2.05) is 103 Å². The van der Waals surface area contributed by atoms with Crippen LogP contribution in [0.3, 0.4) is 0 Å². The number of rotatable bonds is 5. The standard InChI is InChI=1S/C32H21N2OP/c33-22-24-6-10-26(11-7-24)28-14-18-31(19-15-28)36(35,30-4-2-1-3-5-30)32-20-16-29(17-21-32)27-12-8-25(23-34)9-13-27/h1-21H. The van der Waals surface area contributed by atoms with Crippen molar-refractivity contribution in [3.05, 3.63) is 139 Å². The third-order valence-electron chi connectivity index (χ3n) is 6.28. The Labute approximate surface area is 210 Å². The minimum absolute atomic E-state index is 0.619. The topological polar surface area (TPSA) is 64.7 Å². The Balaban J connectivity index is 1.54. The van der Waals surface area contributed by atoms with Gasteiger partial charge in [-0.2, -0.15) is 10.5 Å². The van der Waals surface area contributed by atoms with Gasteiger partial charge in [-0.25, -0.2) is 0 Å². The molecule has 0 aromatic heterocycles. The van der Waals surface area contributed by atoms with Crippen LogP contribution in [0.4, 0.5) is 0 Å². The van der Waals surface area contributed by atoms with Crippen molar-refractivity contribution in [1.82, 2.24) is 0 Å². The first kappa shape index (κ1) is 23.1. The summed E-state index contributed by atoms with van der Waals surface area (Å²) in [4.78, 5) is 0. The summed E-state index contributed by atoms with van der Waals surface area (Å²) in [5.41, 5.74) is 5.24. The lowest BCUT2D eigenvalue weighted by atomic mass is 10.0. The smallest absolute Gasteiger partial charge is 0.171 e. The lowest BCUT2D eigenvalue weighted by molar-refractivity contribution is 0.592. The van der Waals surface area contributed by atoms with E-state index >= 15 is 0 Å². The van der Waals surface area contributed by atoms with Crippen molar-refractivity contribution in [1.29, 1.82) is 10.5 Å². The predicted molar refractivity (Wildman–Crippen MR) is 146 cm³/mol.